The van der Waals surface area contributed by atoms with Crippen molar-refractivity contribution in [3.8, 4) is 0 Å². The van der Waals surface area contributed by atoms with Crippen LogP contribution in [0.15, 0.2) is 22.7 Å². The topological polar surface area (TPSA) is 3.24 Å². The first-order valence-corrected chi connectivity index (χ1v) is 8.20. The van der Waals surface area contributed by atoms with Crippen LogP contribution < -0.4 is 4.90 Å². The molecule has 0 radical (unpaired) electrons. The van der Waals surface area contributed by atoms with E-state index in [0.29, 0.717) is 11.9 Å². The summed E-state index contributed by atoms with van der Waals surface area (Å²) in [7, 11) is 0. The minimum Gasteiger partial charge on any atom is -0.368 e. The lowest BCUT2D eigenvalue weighted by atomic mass is 10.1. The third kappa shape index (κ3) is 3.21. The highest BCUT2D eigenvalue weighted by Gasteiger charge is 2.21. The molecule has 0 spiro atoms. The summed E-state index contributed by atoms with van der Waals surface area (Å²) in [6.45, 7) is 3.46. The smallest absolute Gasteiger partial charge is 0.0494 e. The van der Waals surface area contributed by atoms with Crippen molar-refractivity contribution in [3.63, 3.8) is 0 Å². The Bertz CT molecular complexity index is 394. The summed E-state index contributed by atoms with van der Waals surface area (Å²) in [5, 5.41) is 0. The van der Waals surface area contributed by atoms with Crippen LogP contribution in [0, 0.1) is 0 Å². The Morgan fingerprint density at radius 2 is 2.17 bits per heavy atom. The predicted octanol–water partition coefficient (Wildman–Crippen LogP) is 5.35. The molecule has 1 nitrogen and oxygen atoms in total. The Hall–Kier alpha value is -0.210. The van der Waals surface area contributed by atoms with Gasteiger partial charge < -0.3 is 4.90 Å². The molecule has 0 saturated carbocycles. The molecule has 1 aliphatic heterocycles. The second-order valence-corrected chi connectivity index (χ2v) is 6.19. The Morgan fingerprint density at radius 3 is 2.89 bits per heavy atom. The predicted molar refractivity (Wildman–Crippen MR) is 83.6 cm³/mol. The number of rotatable bonds is 3. The van der Waals surface area contributed by atoms with Crippen molar-refractivity contribution in [1.82, 2.24) is 0 Å². The molecule has 1 fully saturated rings. The fourth-order valence-electron chi connectivity index (χ4n) is 2.84. The van der Waals surface area contributed by atoms with Crippen LogP contribution >= 0.6 is 27.5 Å². The standard InChI is InChI=1S/C15H21BrClN/c1-2-14-6-4-3-5-9-18(14)15-10-13(16)8-7-12(15)11-17/h7-8,10,14H,2-6,9,11H2,1H3. The van der Waals surface area contributed by atoms with Gasteiger partial charge in [0.2, 0.25) is 0 Å². The average Bonchev–Trinajstić information content (AvgIpc) is 2.63. The second kappa shape index (κ2) is 6.81. The van der Waals surface area contributed by atoms with E-state index in [1.165, 1.54) is 49.9 Å². The molecule has 1 aromatic rings. The minimum absolute atomic E-state index is 0.593. The molecule has 18 heavy (non-hydrogen) atoms. The number of anilines is 1. The van der Waals surface area contributed by atoms with Gasteiger partial charge in [0, 0.05) is 28.6 Å². The van der Waals surface area contributed by atoms with Crippen LogP contribution in [0.1, 0.15) is 44.6 Å². The third-order valence-corrected chi connectivity index (χ3v) is 4.63. The van der Waals surface area contributed by atoms with Crippen molar-refractivity contribution in [1.29, 1.82) is 0 Å². The Kier molecular flexibility index (Phi) is 5.38. The van der Waals surface area contributed by atoms with Crippen molar-refractivity contribution in [2.75, 3.05) is 11.4 Å². The number of hydrogen-bond acceptors (Lipinski definition) is 1. The Morgan fingerprint density at radius 1 is 1.33 bits per heavy atom. The quantitative estimate of drug-likeness (QED) is 0.675. The fraction of sp³-hybridized carbons (Fsp3) is 0.600. The van der Waals surface area contributed by atoms with Crippen molar-refractivity contribution >= 4 is 33.2 Å². The summed E-state index contributed by atoms with van der Waals surface area (Å²) in [6.07, 6.45) is 6.54. The molecule has 0 aliphatic carbocycles. The molecule has 1 atom stereocenters. The van der Waals surface area contributed by atoms with E-state index in [2.05, 4.69) is 46.0 Å². The van der Waals surface area contributed by atoms with Crippen LogP contribution in [0.3, 0.4) is 0 Å². The zero-order valence-electron chi connectivity index (χ0n) is 11.0. The molecule has 0 bridgehead atoms. The van der Waals surface area contributed by atoms with E-state index in [1.807, 2.05) is 0 Å². The Labute approximate surface area is 124 Å². The average molecular weight is 331 g/mol. The Balaban J connectivity index is 2.34. The first-order valence-electron chi connectivity index (χ1n) is 6.87. The summed E-state index contributed by atoms with van der Waals surface area (Å²) in [5.74, 6) is 0.593. The lowest BCUT2D eigenvalue weighted by molar-refractivity contribution is 0.555. The van der Waals surface area contributed by atoms with Crippen molar-refractivity contribution in [2.24, 2.45) is 0 Å². The SMILES string of the molecule is CCC1CCCCCN1c1cc(Br)ccc1CCl. The maximum absolute atomic E-state index is 6.09. The minimum atomic E-state index is 0.593. The van der Waals surface area contributed by atoms with Gasteiger partial charge in [0.1, 0.15) is 0 Å². The summed E-state index contributed by atoms with van der Waals surface area (Å²) >= 11 is 9.68. The molecule has 0 aromatic heterocycles. The molecule has 1 saturated heterocycles. The maximum Gasteiger partial charge on any atom is 0.0494 e. The first kappa shape index (κ1) is 14.2. The van der Waals surface area contributed by atoms with Crippen molar-refractivity contribution in [2.45, 2.75) is 50.9 Å². The lowest BCUT2D eigenvalue weighted by Gasteiger charge is -2.33. The van der Waals surface area contributed by atoms with Crippen LogP contribution in [0.5, 0.6) is 0 Å². The van der Waals surface area contributed by atoms with Gasteiger partial charge in [-0.05, 0) is 37.0 Å². The number of hydrogen-bond donors (Lipinski definition) is 0. The van der Waals surface area contributed by atoms with Gasteiger partial charge in [0.05, 0.1) is 0 Å². The monoisotopic (exact) mass is 329 g/mol. The molecule has 0 N–H and O–H groups in total. The van der Waals surface area contributed by atoms with Gasteiger partial charge in [-0.25, -0.2) is 0 Å². The largest absolute Gasteiger partial charge is 0.368 e. The van der Waals surface area contributed by atoms with E-state index in [-0.39, 0.29) is 0 Å². The van der Waals surface area contributed by atoms with Crippen LogP contribution in [0.2, 0.25) is 0 Å². The lowest BCUT2D eigenvalue weighted by Crippen LogP contribution is -2.35. The van der Waals surface area contributed by atoms with E-state index >= 15 is 0 Å². The molecule has 100 valence electrons. The van der Waals surface area contributed by atoms with E-state index in [1.54, 1.807) is 0 Å². The molecule has 2 rings (SSSR count). The van der Waals surface area contributed by atoms with Crippen LogP contribution in [-0.2, 0) is 5.88 Å². The number of nitrogens with zero attached hydrogens (tertiary/aromatic N) is 1. The highest BCUT2D eigenvalue weighted by molar-refractivity contribution is 9.10. The molecule has 1 aromatic carbocycles. The van der Waals surface area contributed by atoms with E-state index in [9.17, 15) is 0 Å². The van der Waals surface area contributed by atoms with Gasteiger partial charge in [-0.1, -0.05) is 41.8 Å². The molecule has 3 heteroatoms. The molecule has 1 heterocycles. The molecule has 1 aliphatic rings. The third-order valence-electron chi connectivity index (χ3n) is 3.85. The van der Waals surface area contributed by atoms with Crippen molar-refractivity contribution < 1.29 is 0 Å². The normalized spacial score (nSPS) is 20.8. The maximum atomic E-state index is 6.09. The zero-order chi connectivity index (χ0) is 13.0. The van der Waals surface area contributed by atoms with Crippen molar-refractivity contribution in [3.05, 3.63) is 28.2 Å². The molecular weight excluding hydrogens is 310 g/mol. The van der Waals surface area contributed by atoms with Gasteiger partial charge in [0.25, 0.3) is 0 Å². The summed E-state index contributed by atoms with van der Waals surface area (Å²) < 4.78 is 1.14. The van der Waals surface area contributed by atoms with E-state index < -0.39 is 0 Å². The van der Waals surface area contributed by atoms with Gasteiger partial charge in [-0.3, -0.25) is 0 Å². The second-order valence-electron chi connectivity index (χ2n) is 5.01. The molecule has 1 unspecified atom stereocenters. The van der Waals surface area contributed by atoms with Gasteiger partial charge in [-0.15, -0.1) is 11.6 Å². The summed E-state index contributed by atoms with van der Waals surface area (Å²) in [6, 6.07) is 7.12. The van der Waals surface area contributed by atoms with Gasteiger partial charge in [0.15, 0.2) is 0 Å². The fourth-order valence-corrected chi connectivity index (χ4v) is 3.41. The molecule has 0 amide bonds. The first-order chi connectivity index (χ1) is 8.76. The van der Waals surface area contributed by atoms with Crippen LogP contribution in [0.25, 0.3) is 0 Å². The molecular formula is C15H21BrClN. The number of halogens is 2. The highest BCUT2D eigenvalue weighted by Crippen LogP contribution is 2.32. The van der Waals surface area contributed by atoms with E-state index in [4.69, 9.17) is 11.6 Å². The summed E-state index contributed by atoms with van der Waals surface area (Å²) in [5.41, 5.74) is 2.58. The number of alkyl halides is 1. The zero-order valence-corrected chi connectivity index (χ0v) is 13.3. The van der Waals surface area contributed by atoms with Crippen LogP contribution in [0.4, 0.5) is 5.69 Å². The van der Waals surface area contributed by atoms with Gasteiger partial charge >= 0.3 is 0 Å². The summed E-state index contributed by atoms with van der Waals surface area (Å²) in [4.78, 5) is 2.58. The van der Waals surface area contributed by atoms with Gasteiger partial charge in [-0.2, -0.15) is 0 Å². The number of benzene rings is 1. The highest BCUT2D eigenvalue weighted by atomic mass is 79.9. The van der Waals surface area contributed by atoms with Crippen LogP contribution in [-0.4, -0.2) is 12.6 Å². The van der Waals surface area contributed by atoms with E-state index in [0.717, 1.165) is 4.47 Å².